The monoisotopic (exact) mass is 302 g/mol. The fourth-order valence-electron chi connectivity index (χ4n) is 3.19. The van der Waals surface area contributed by atoms with Crippen LogP contribution < -0.4 is 5.32 Å². The van der Waals surface area contributed by atoms with Crippen molar-refractivity contribution in [1.82, 2.24) is 10.2 Å². The number of urea groups is 1. The Morgan fingerprint density at radius 1 is 1.27 bits per heavy atom. The first-order valence-electron chi connectivity index (χ1n) is 7.41. The van der Waals surface area contributed by atoms with E-state index in [0.29, 0.717) is 12.8 Å². The Bertz CT molecular complexity index is 630. The Kier molecular flexibility index (Phi) is 3.39. The summed E-state index contributed by atoms with van der Waals surface area (Å²) in [5, 5.41) is 2.78. The van der Waals surface area contributed by atoms with E-state index in [1.54, 1.807) is 19.1 Å². The maximum absolute atomic E-state index is 12.9. The molecule has 0 unspecified atom stereocenters. The van der Waals surface area contributed by atoms with Crippen LogP contribution in [0.25, 0.3) is 0 Å². The van der Waals surface area contributed by atoms with Crippen molar-refractivity contribution in [3.05, 3.63) is 35.9 Å². The highest BCUT2D eigenvalue weighted by molar-refractivity contribution is 6.10. The zero-order valence-corrected chi connectivity index (χ0v) is 12.5. The molecule has 3 amide bonds. The van der Waals surface area contributed by atoms with Crippen molar-refractivity contribution in [1.29, 1.82) is 0 Å². The summed E-state index contributed by atoms with van der Waals surface area (Å²) in [4.78, 5) is 38.2. The second-order valence-corrected chi connectivity index (χ2v) is 5.73. The highest BCUT2D eigenvalue weighted by Gasteiger charge is 2.56. The molecule has 0 aliphatic carbocycles. The van der Waals surface area contributed by atoms with Crippen LogP contribution in [0.15, 0.2) is 30.3 Å². The van der Waals surface area contributed by atoms with Crippen LogP contribution in [0.3, 0.4) is 0 Å². The molecule has 2 aliphatic rings. The van der Waals surface area contributed by atoms with Crippen molar-refractivity contribution in [3.63, 3.8) is 0 Å². The smallest absolute Gasteiger partial charge is 0.329 e. The number of hydrogen-bond acceptors (Lipinski definition) is 4. The Morgan fingerprint density at radius 3 is 2.50 bits per heavy atom. The van der Waals surface area contributed by atoms with E-state index in [0.717, 1.165) is 10.5 Å². The quantitative estimate of drug-likeness (QED) is 0.679. The van der Waals surface area contributed by atoms with Gasteiger partial charge in [0, 0.05) is 6.42 Å². The number of carbonyl (C=O) groups is 3. The molecule has 2 fully saturated rings. The first kappa shape index (κ1) is 14.6. The molecule has 2 heterocycles. The van der Waals surface area contributed by atoms with Crippen LogP contribution in [-0.4, -0.2) is 35.0 Å². The second-order valence-electron chi connectivity index (χ2n) is 5.73. The van der Waals surface area contributed by atoms with E-state index >= 15 is 0 Å². The van der Waals surface area contributed by atoms with Gasteiger partial charge in [0.25, 0.3) is 5.91 Å². The molecule has 1 aromatic carbocycles. The summed E-state index contributed by atoms with van der Waals surface area (Å²) in [6.07, 6.45) is 0.466. The molecule has 3 atom stereocenters. The number of nitrogens with zero attached hydrogens (tertiary/aromatic N) is 1. The summed E-state index contributed by atoms with van der Waals surface area (Å²) < 4.78 is 5.08. The van der Waals surface area contributed by atoms with Crippen LogP contribution in [0, 0.1) is 0 Å². The van der Waals surface area contributed by atoms with Gasteiger partial charge >= 0.3 is 12.0 Å². The number of benzene rings is 1. The van der Waals surface area contributed by atoms with Crippen molar-refractivity contribution in [3.8, 4) is 0 Å². The van der Waals surface area contributed by atoms with Crippen LogP contribution in [0.4, 0.5) is 4.79 Å². The summed E-state index contributed by atoms with van der Waals surface area (Å²) in [5.41, 5.74) is -0.387. The molecule has 6 heteroatoms. The highest BCUT2D eigenvalue weighted by Crippen LogP contribution is 2.35. The van der Waals surface area contributed by atoms with E-state index in [4.69, 9.17) is 4.74 Å². The maximum atomic E-state index is 12.9. The highest BCUT2D eigenvalue weighted by atomic mass is 16.6. The van der Waals surface area contributed by atoms with Gasteiger partial charge in [-0.2, -0.15) is 0 Å². The minimum absolute atomic E-state index is 0.286. The summed E-state index contributed by atoms with van der Waals surface area (Å²) in [6.45, 7) is 3.59. The lowest BCUT2D eigenvalue weighted by molar-refractivity contribution is -0.148. The maximum Gasteiger partial charge on any atom is 0.329 e. The molecule has 0 saturated carbocycles. The molecule has 1 aromatic rings. The molecule has 1 N–H and O–H groups in total. The van der Waals surface area contributed by atoms with E-state index < -0.39 is 23.6 Å². The zero-order chi connectivity index (χ0) is 15.9. The lowest BCUT2D eigenvalue weighted by Gasteiger charge is -2.26. The average molecular weight is 302 g/mol. The summed E-state index contributed by atoms with van der Waals surface area (Å²) in [5.74, 6) is -0.904. The lowest BCUT2D eigenvalue weighted by atomic mass is 9.87. The van der Waals surface area contributed by atoms with Crippen LogP contribution in [0.1, 0.15) is 32.3 Å². The minimum atomic E-state index is -1.11. The standard InChI is InChI=1S/C16H18N2O4/c1-3-16(11-7-5-4-6-8-11)14(20)18(15(21)17-16)12-9-10(2)22-13(12)19/h4-8,10,12H,3,9H2,1-2H3,(H,17,21)/t10-,12-,16-/m1/s1. The summed E-state index contributed by atoms with van der Waals surface area (Å²) in [6, 6.07) is 7.73. The molecule has 2 aliphatic heterocycles. The number of amides is 3. The molecule has 0 bridgehead atoms. The molecule has 2 saturated heterocycles. The summed E-state index contributed by atoms with van der Waals surface area (Å²) >= 11 is 0. The average Bonchev–Trinajstić information content (AvgIpc) is 2.96. The molecular formula is C16H18N2O4. The Balaban J connectivity index is 1.98. The second kappa shape index (κ2) is 5.12. The van der Waals surface area contributed by atoms with Crippen LogP contribution in [0.5, 0.6) is 0 Å². The van der Waals surface area contributed by atoms with Crippen molar-refractivity contribution in [2.24, 2.45) is 0 Å². The van der Waals surface area contributed by atoms with Crippen LogP contribution >= 0.6 is 0 Å². The molecule has 6 nitrogen and oxygen atoms in total. The van der Waals surface area contributed by atoms with Gasteiger partial charge < -0.3 is 10.1 Å². The number of cyclic esters (lactones) is 1. The van der Waals surface area contributed by atoms with Gasteiger partial charge in [0.2, 0.25) is 0 Å². The third-order valence-electron chi connectivity index (χ3n) is 4.38. The topological polar surface area (TPSA) is 75.7 Å². The van der Waals surface area contributed by atoms with E-state index in [2.05, 4.69) is 5.32 Å². The van der Waals surface area contributed by atoms with Crippen molar-refractivity contribution < 1.29 is 19.1 Å². The van der Waals surface area contributed by atoms with Gasteiger partial charge in [-0.25, -0.2) is 14.5 Å². The molecular weight excluding hydrogens is 284 g/mol. The fourth-order valence-corrected chi connectivity index (χ4v) is 3.19. The number of esters is 1. The van der Waals surface area contributed by atoms with Gasteiger partial charge in [0.1, 0.15) is 17.7 Å². The van der Waals surface area contributed by atoms with E-state index in [-0.39, 0.29) is 12.0 Å². The van der Waals surface area contributed by atoms with Gasteiger partial charge in [-0.15, -0.1) is 0 Å². The SMILES string of the molecule is CC[C@]1(c2ccccc2)NC(=O)N([C@@H]2C[C@@H](C)OC2=O)C1=O. The zero-order valence-electron chi connectivity index (χ0n) is 12.5. The molecule has 22 heavy (non-hydrogen) atoms. The Labute approximate surface area is 128 Å². The molecule has 0 spiro atoms. The number of rotatable bonds is 3. The van der Waals surface area contributed by atoms with E-state index in [1.165, 1.54) is 0 Å². The number of hydrogen-bond donors (Lipinski definition) is 1. The van der Waals surface area contributed by atoms with Crippen LogP contribution in [-0.2, 0) is 19.9 Å². The third-order valence-corrected chi connectivity index (χ3v) is 4.38. The molecule has 0 aromatic heterocycles. The third kappa shape index (κ3) is 1.98. The van der Waals surface area contributed by atoms with Crippen LogP contribution in [0.2, 0.25) is 0 Å². The van der Waals surface area contributed by atoms with Gasteiger partial charge in [0.05, 0.1) is 0 Å². The molecule has 0 radical (unpaired) electrons. The van der Waals surface area contributed by atoms with Gasteiger partial charge in [-0.05, 0) is 18.9 Å². The normalized spacial score (nSPS) is 31.4. The lowest BCUT2D eigenvalue weighted by Crippen LogP contribution is -2.46. The van der Waals surface area contributed by atoms with Gasteiger partial charge in [-0.1, -0.05) is 37.3 Å². The first-order chi connectivity index (χ1) is 10.5. The Hall–Kier alpha value is -2.37. The number of nitrogens with one attached hydrogen (secondary N) is 1. The predicted octanol–water partition coefficient (Wildman–Crippen LogP) is 1.55. The van der Waals surface area contributed by atoms with Gasteiger partial charge in [0.15, 0.2) is 0 Å². The number of imide groups is 1. The van der Waals surface area contributed by atoms with Gasteiger partial charge in [-0.3, -0.25) is 4.79 Å². The Morgan fingerprint density at radius 2 is 1.95 bits per heavy atom. The van der Waals surface area contributed by atoms with Crippen molar-refractivity contribution >= 4 is 17.9 Å². The molecule has 3 rings (SSSR count). The van der Waals surface area contributed by atoms with Crippen molar-refractivity contribution in [2.75, 3.05) is 0 Å². The number of ether oxygens (including phenoxy) is 1. The minimum Gasteiger partial charge on any atom is -0.461 e. The van der Waals surface area contributed by atoms with Crippen molar-refractivity contribution in [2.45, 2.75) is 44.4 Å². The first-order valence-corrected chi connectivity index (χ1v) is 7.41. The predicted molar refractivity (Wildman–Crippen MR) is 77.7 cm³/mol. The molecule has 116 valence electrons. The van der Waals surface area contributed by atoms with E-state index in [1.807, 2.05) is 25.1 Å². The largest absolute Gasteiger partial charge is 0.461 e. The number of carbonyl (C=O) groups excluding carboxylic acids is 3. The summed E-state index contributed by atoms with van der Waals surface area (Å²) in [7, 11) is 0. The van der Waals surface area contributed by atoms with E-state index in [9.17, 15) is 14.4 Å². The fraction of sp³-hybridized carbons (Fsp3) is 0.438.